The number of ether oxygens (including phenoxy) is 1. The van der Waals surface area contributed by atoms with E-state index in [1.54, 1.807) is 24.4 Å². The molecule has 10 nitrogen and oxygen atoms in total. The Morgan fingerprint density at radius 2 is 2.00 bits per heavy atom. The Labute approximate surface area is 201 Å². The zero-order valence-corrected chi connectivity index (χ0v) is 19.5. The van der Waals surface area contributed by atoms with Gasteiger partial charge in [0.2, 0.25) is 5.91 Å². The van der Waals surface area contributed by atoms with Gasteiger partial charge in [0.1, 0.15) is 17.2 Å². The molecule has 178 valence electrons. The Bertz CT molecular complexity index is 1210. The van der Waals surface area contributed by atoms with Crippen molar-refractivity contribution in [2.75, 3.05) is 23.8 Å². The Balaban J connectivity index is 2.10. The van der Waals surface area contributed by atoms with Gasteiger partial charge in [-0.3, -0.25) is 24.1 Å². The fourth-order valence-electron chi connectivity index (χ4n) is 3.04. The summed E-state index contributed by atoms with van der Waals surface area (Å²) < 4.78 is 22.8. The molecule has 1 aromatic carbocycles. The highest BCUT2D eigenvalue weighted by Gasteiger charge is 2.36. The zero-order chi connectivity index (χ0) is 24.8. The van der Waals surface area contributed by atoms with E-state index in [9.17, 15) is 23.6 Å². The molecule has 0 aliphatic heterocycles. The third kappa shape index (κ3) is 5.38. The number of esters is 1. The molecule has 0 saturated heterocycles. The van der Waals surface area contributed by atoms with E-state index in [-0.39, 0.29) is 28.6 Å². The number of nitrogens with two attached hydrogens (primary N) is 2. The van der Waals surface area contributed by atoms with Gasteiger partial charge >= 0.3 is 5.97 Å². The standard InChI is InChI=1S/C21H20FN5O5S2/c1-2-32-14(28)10-25-20(30)17(13-7-4-8-33-13)27(12-6-3-5-11(22)9-12)21(31)18-15(23)16(19(24)29)26-34-18/h3-9,17H,2,10,23H2,1H3,(H2,24,29)(H,25,30)/t17-/m1/s1. The molecule has 0 bridgehead atoms. The van der Waals surface area contributed by atoms with Crippen LogP contribution in [0, 0.1) is 5.82 Å². The van der Waals surface area contributed by atoms with E-state index in [1.807, 2.05) is 0 Å². The Kier molecular flexibility index (Phi) is 7.91. The molecule has 2 heterocycles. The first-order valence-corrected chi connectivity index (χ1v) is 11.5. The van der Waals surface area contributed by atoms with Crippen LogP contribution in [0.25, 0.3) is 0 Å². The molecule has 3 rings (SSSR count). The lowest BCUT2D eigenvalue weighted by Crippen LogP contribution is -2.45. The molecular weight excluding hydrogens is 485 g/mol. The molecule has 0 aliphatic rings. The lowest BCUT2D eigenvalue weighted by molar-refractivity contribution is -0.143. The Morgan fingerprint density at radius 1 is 1.24 bits per heavy atom. The van der Waals surface area contributed by atoms with Gasteiger partial charge in [-0.1, -0.05) is 12.1 Å². The molecule has 0 saturated carbocycles. The van der Waals surface area contributed by atoms with Gasteiger partial charge in [0.15, 0.2) is 11.7 Å². The van der Waals surface area contributed by atoms with Gasteiger partial charge in [0, 0.05) is 10.6 Å². The van der Waals surface area contributed by atoms with Crippen molar-refractivity contribution in [3.8, 4) is 0 Å². The third-order valence-corrected chi connectivity index (χ3v) is 6.27. The van der Waals surface area contributed by atoms with Crippen molar-refractivity contribution in [2.24, 2.45) is 5.73 Å². The van der Waals surface area contributed by atoms with Crippen LogP contribution in [0.5, 0.6) is 0 Å². The number of anilines is 2. The van der Waals surface area contributed by atoms with E-state index < -0.39 is 42.1 Å². The fraction of sp³-hybridized carbons (Fsp3) is 0.190. The number of benzene rings is 1. The van der Waals surface area contributed by atoms with Gasteiger partial charge in [0.25, 0.3) is 11.8 Å². The van der Waals surface area contributed by atoms with Crippen molar-refractivity contribution >= 4 is 57.9 Å². The maximum atomic E-state index is 14.1. The SMILES string of the molecule is CCOC(=O)CNC(=O)[C@@H](c1cccs1)N(C(=O)c1snc(C(N)=O)c1N)c1cccc(F)c1. The van der Waals surface area contributed by atoms with Crippen LogP contribution in [0.15, 0.2) is 41.8 Å². The molecular formula is C21H20FN5O5S2. The molecule has 3 amide bonds. The number of carbonyl (C=O) groups excluding carboxylic acids is 4. The average molecular weight is 506 g/mol. The molecule has 0 spiro atoms. The van der Waals surface area contributed by atoms with Crippen LogP contribution < -0.4 is 21.7 Å². The maximum absolute atomic E-state index is 14.1. The molecule has 2 aromatic heterocycles. The highest BCUT2D eigenvalue weighted by Crippen LogP contribution is 2.34. The maximum Gasteiger partial charge on any atom is 0.325 e. The molecule has 0 fully saturated rings. The first-order valence-electron chi connectivity index (χ1n) is 9.85. The van der Waals surface area contributed by atoms with Gasteiger partial charge < -0.3 is 21.5 Å². The Hall–Kier alpha value is -3.84. The summed E-state index contributed by atoms with van der Waals surface area (Å²) in [6.07, 6.45) is 0. The van der Waals surface area contributed by atoms with Crippen LogP contribution in [0.3, 0.4) is 0 Å². The summed E-state index contributed by atoms with van der Waals surface area (Å²) in [4.78, 5) is 51.6. The van der Waals surface area contributed by atoms with Gasteiger partial charge in [-0.2, -0.15) is 4.37 Å². The molecule has 3 aromatic rings. The second-order valence-corrected chi connectivity index (χ2v) is 8.49. The largest absolute Gasteiger partial charge is 0.465 e. The topological polar surface area (TPSA) is 158 Å². The molecule has 0 unspecified atom stereocenters. The quantitative estimate of drug-likeness (QED) is 0.376. The molecule has 13 heteroatoms. The van der Waals surface area contributed by atoms with E-state index in [1.165, 1.54) is 29.5 Å². The predicted octanol–water partition coefficient (Wildman–Crippen LogP) is 2.09. The minimum absolute atomic E-state index is 0.0445. The highest BCUT2D eigenvalue weighted by atomic mass is 32.1. The first kappa shape index (κ1) is 24.8. The fourth-order valence-corrected chi connectivity index (χ4v) is 4.59. The number of aromatic nitrogens is 1. The third-order valence-electron chi connectivity index (χ3n) is 4.49. The van der Waals surface area contributed by atoms with Crippen LogP contribution in [0.2, 0.25) is 0 Å². The van der Waals surface area contributed by atoms with Crippen molar-refractivity contribution in [1.82, 2.24) is 9.69 Å². The number of carbonyl (C=O) groups is 4. The number of amides is 3. The van der Waals surface area contributed by atoms with E-state index in [0.717, 1.165) is 11.0 Å². The lowest BCUT2D eigenvalue weighted by Gasteiger charge is -2.30. The molecule has 5 N–H and O–H groups in total. The predicted molar refractivity (Wildman–Crippen MR) is 125 cm³/mol. The smallest absolute Gasteiger partial charge is 0.325 e. The molecule has 1 atom stereocenters. The van der Waals surface area contributed by atoms with Gasteiger partial charge in [-0.05, 0) is 48.1 Å². The number of nitrogens with zero attached hydrogens (tertiary/aromatic N) is 2. The summed E-state index contributed by atoms with van der Waals surface area (Å²) in [6.45, 7) is 1.32. The first-order chi connectivity index (χ1) is 16.2. The summed E-state index contributed by atoms with van der Waals surface area (Å²) in [6, 6.07) is 7.05. The summed E-state index contributed by atoms with van der Waals surface area (Å²) in [5.74, 6) is -3.76. The van der Waals surface area contributed by atoms with E-state index in [4.69, 9.17) is 16.2 Å². The summed E-state index contributed by atoms with van der Waals surface area (Å²) in [5.41, 5.74) is 10.7. The summed E-state index contributed by atoms with van der Waals surface area (Å²) in [5, 5.41) is 4.15. The monoisotopic (exact) mass is 505 g/mol. The van der Waals surface area contributed by atoms with Crippen molar-refractivity contribution in [1.29, 1.82) is 0 Å². The van der Waals surface area contributed by atoms with Crippen LogP contribution in [0.4, 0.5) is 15.8 Å². The van der Waals surface area contributed by atoms with E-state index in [0.29, 0.717) is 16.4 Å². The van der Waals surface area contributed by atoms with Crippen LogP contribution in [-0.4, -0.2) is 41.2 Å². The van der Waals surface area contributed by atoms with E-state index >= 15 is 0 Å². The number of nitrogen functional groups attached to an aromatic ring is 1. The van der Waals surface area contributed by atoms with Crippen molar-refractivity contribution < 1.29 is 28.3 Å². The van der Waals surface area contributed by atoms with Crippen molar-refractivity contribution in [2.45, 2.75) is 13.0 Å². The number of hydrogen-bond acceptors (Lipinski definition) is 9. The van der Waals surface area contributed by atoms with Crippen molar-refractivity contribution in [3.05, 3.63) is 63.0 Å². The lowest BCUT2D eigenvalue weighted by atomic mass is 10.1. The molecule has 34 heavy (non-hydrogen) atoms. The van der Waals surface area contributed by atoms with Crippen molar-refractivity contribution in [3.63, 3.8) is 0 Å². The van der Waals surface area contributed by atoms with Gasteiger partial charge in [-0.25, -0.2) is 4.39 Å². The Morgan fingerprint density at radius 3 is 2.59 bits per heavy atom. The van der Waals surface area contributed by atoms with E-state index in [2.05, 4.69) is 9.69 Å². The van der Waals surface area contributed by atoms with Gasteiger partial charge in [-0.15, -0.1) is 11.3 Å². The molecule has 0 aliphatic carbocycles. The zero-order valence-electron chi connectivity index (χ0n) is 17.8. The molecule has 0 radical (unpaired) electrons. The van der Waals surface area contributed by atoms with Crippen LogP contribution in [-0.2, 0) is 14.3 Å². The average Bonchev–Trinajstić information content (AvgIpc) is 3.45. The number of thiophene rings is 1. The number of rotatable bonds is 9. The number of nitrogens with one attached hydrogen (secondary N) is 1. The summed E-state index contributed by atoms with van der Waals surface area (Å²) in [7, 11) is 0. The minimum atomic E-state index is -1.30. The second-order valence-electron chi connectivity index (χ2n) is 6.73. The summed E-state index contributed by atoms with van der Waals surface area (Å²) >= 11 is 1.80. The number of primary amides is 1. The van der Waals surface area contributed by atoms with Gasteiger partial charge in [0.05, 0.1) is 12.3 Å². The highest BCUT2D eigenvalue weighted by molar-refractivity contribution is 7.10. The second kappa shape index (κ2) is 10.9. The van der Waals surface area contributed by atoms with Crippen LogP contribution in [0.1, 0.15) is 38.0 Å². The number of halogens is 1. The number of hydrogen-bond donors (Lipinski definition) is 3. The van der Waals surface area contributed by atoms with Crippen LogP contribution >= 0.6 is 22.9 Å². The minimum Gasteiger partial charge on any atom is -0.465 e. The normalized spacial score (nSPS) is 11.5.